The summed E-state index contributed by atoms with van der Waals surface area (Å²) in [6.07, 6.45) is 3.96. The normalized spacial score (nSPS) is 10.7. The minimum atomic E-state index is -0.894. The third-order valence-electron chi connectivity index (χ3n) is 3.16. The first-order chi connectivity index (χ1) is 9.02. The molecule has 0 atom stereocenters. The second-order valence-electron chi connectivity index (χ2n) is 4.75. The molecule has 0 aliphatic carbocycles. The highest BCUT2D eigenvalue weighted by Gasteiger charge is 2.13. The van der Waals surface area contributed by atoms with E-state index in [1.54, 1.807) is 12.1 Å². The zero-order valence-electron chi connectivity index (χ0n) is 11.5. The van der Waals surface area contributed by atoms with Gasteiger partial charge in [-0.2, -0.15) is 5.10 Å². The van der Waals surface area contributed by atoms with Gasteiger partial charge >= 0.3 is 5.97 Å². The van der Waals surface area contributed by atoms with E-state index in [1.807, 2.05) is 30.9 Å². The second kappa shape index (κ2) is 5.26. The van der Waals surface area contributed by atoms with E-state index in [4.69, 9.17) is 5.11 Å². The third kappa shape index (κ3) is 2.67. The van der Waals surface area contributed by atoms with Crippen LogP contribution in [0.15, 0.2) is 24.4 Å². The van der Waals surface area contributed by atoms with Gasteiger partial charge in [-0.1, -0.05) is 19.4 Å². The van der Waals surface area contributed by atoms with Crippen LogP contribution in [0.2, 0.25) is 0 Å². The number of rotatable bonds is 4. The molecule has 100 valence electrons. The number of aromatic nitrogens is 2. The average molecular weight is 258 g/mol. The molecule has 0 aliphatic heterocycles. The Morgan fingerprint density at radius 2 is 2.11 bits per heavy atom. The lowest BCUT2D eigenvalue weighted by atomic mass is 9.97. The molecule has 0 spiro atoms. The topological polar surface area (TPSA) is 55.1 Å². The minimum Gasteiger partial charge on any atom is -0.478 e. The van der Waals surface area contributed by atoms with E-state index in [-0.39, 0.29) is 0 Å². The Balaban J connectivity index is 2.50. The average Bonchev–Trinajstić information content (AvgIpc) is 2.70. The van der Waals surface area contributed by atoms with Crippen LogP contribution >= 0.6 is 0 Å². The number of aryl methyl sites for hydroxylation is 3. The predicted octanol–water partition coefficient (Wildman–Crippen LogP) is 3.05. The molecule has 1 N–H and O–H groups in total. The van der Waals surface area contributed by atoms with Gasteiger partial charge in [-0.25, -0.2) is 4.79 Å². The Morgan fingerprint density at radius 3 is 2.68 bits per heavy atom. The van der Waals surface area contributed by atoms with Crippen molar-refractivity contribution >= 4 is 5.97 Å². The van der Waals surface area contributed by atoms with E-state index in [0.717, 1.165) is 35.2 Å². The van der Waals surface area contributed by atoms with Crippen molar-refractivity contribution < 1.29 is 9.90 Å². The molecule has 0 amide bonds. The van der Waals surface area contributed by atoms with E-state index in [9.17, 15) is 4.79 Å². The van der Waals surface area contributed by atoms with E-state index < -0.39 is 5.97 Å². The van der Waals surface area contributed by atoms with Gasteiger partial charge in [0.2, 0.25) is 0 Å². The monoisotopic (exact) mass is 258 g/mol. The molecule has 1 aromatic carbocycles. The van der Waals surface area contributed by atoms with Crippen LogP contribution in [0.1, 0.15) is 35.0 Å². The zero-order valence-corrected chi connectivity index (χ0v) is 11.5. The van der Waals surface area contributed by atoms with Crippen LogP contribution in [0, 0.1) is 6.92 Å². The summed E-state index contributed by atoms with van der Waals surface area (Å²) in [6.45, 7) is 4.06. The maximum absolute atomic E-state index is 11.0. The summed E-state index contributed by atoms with van der Waals surface area (Å²) in [5, 5.41) is 13.5. The fraction of sp³-hybridized carbons (Fsp3) is 0.333. The smallest absolute Gasteiger partial charge is 0.335 e. The molecule has 0 saturated carbocycles. The Hall–Kier alpha value is -2.10. The van der Waals surface area contributed by atoms with Crippen molar-refractivity contribution in [2.75, 3.05) is 0 Å². The molecule has 2 aromatic rings. The highest BCUT2D eigenvalue weighted by molar-refractivity contribution is 5.89. The molecule has 19 heavy (non-hydrogen) atoms. The summed E-state index contributed by atoms with van der Waals surface area (Å²) in [5.41, 5.74) is 4.50. The van der Waals surface area contributed by atoms with Crippen LogP contribution in [0.4, 0.5) is 0 Å². The number of benzene rings is 1. The lowest BCUT2D eigenvalue weighted by molar-refractivity contribution is 0.0697. The van der Waals surface area contributed by atoms with Crippen LogP contribution < -0.4 is 0 Å². The Morgan fingerprint density at radius 1 is 1.37 bits per heavy atom. The number of aromatic carboxylic acids is 1. The number of nitrogens with zero attached hydrogens (tertiary/aromatic N) is 2. The Bertz CT molecular complexity index is 615. The lowest BCUT2D eigenvalue weighted by Gasteiger charge is -2.07. The quantitative estimate of drug-likeness (QED) is 0.917. The van der Waals surface area contributed by atoms with Gasteiger partial charge in [0.25, 0.3) is 0 Å². The van der Waals surface area contributed by atoms with Crippen molar-refractivity contribution in [3.63, 3.8) is 0 Å². The number of carboxylic acid groups (broad SMARTS) is 1. The van der Waals surface area contributed by atoms with Crippen molar-refractivity contribution in [2.24, 2.45) is 7.05 Å². The summed E-state index contributed by atoms with van der Waals surface area (Å²) < 4.78 is 1.81. The van der Waals surface area contributed by atoms with Crippen molar-refractivity contribution in [3.8, 4) is 11.1 Å². The third-order valence-corrected chi connectivity index (χ3v) is 3.16. The summed E-state index contributed by atoms with van der Waals surface area (Å²) in [7, 11) is 1.91. The molecule has 1 heterocycles. The SMILES string of the molecule is CCCc1nn(C)cc1-c1ccc(C(=O)O)cc1C. The summed E-state index contributed by atoms with van der Waals surface area (Å²) in [4.78, 5) is 11.0. The number of carboxylic acids is 1. The summed E-state index contributed by atoms with van der Waals surface area (Å²) in [6, 6.07) is 5.22. The van der Waals surface area contributed by atoms with Gasteiger partial charge in [0.05, 0.1) is 11.3 Å². The standard InChI is InChI=1S/C15H18N2O2/c1-4-5-14-13(9-17(3)16-14)12-7-6-11(15(18)19)8-10(12)2/h6-9H,4-5H2,1-3H3,(H,18,19). The summed E-state index contributed by atoms with van der Waals surface area (Å²) in [5.74, 6) is -0.894. The molecule has 0 aliphatic rings. The molecular weight excluding hydrogens is 240 g/mol. The van der Waals surface area contributed by atoms with Gasteiger partial charge in [-0.3, -0.25) is 4.68 Å². The van der Waals surface area contributed by atoms with Gasteiger partial charge in [-0.05, 0) is 36.6 Å². The first-order valence-electron chi connectivity index (χ1n) is 6.39. The molecule has 0 saturated heterocycles. The number of hydrogen-bond acceptors (Lipinski definition) is 2. The highest BCUT2D eigenvalue weighted by atomic mass is 16.4. The van der Waals surface area contributed by atoms with Gasteiger partial charge < -0.3 is 5.11 Å². The Labute approximate surface area is 112 Å². The highest BCUT2D eigenvalue weighted by Crippen LogP contribution is 2.27. The second-order valence-corrected chi connectivity index (χ2v) is 4.75. The van der Waals surface area contributed by atoms with E-state index in [1.165, 1.54) is 0 Å². The van der Waals surface area contributed by atoms with Crippen LogP contribution in [0.3, 0.4) is 0 Å². The number of carbonyl (C=O) groups is 1. The molecule has 0 unspecified atom stereocenters. The first kappa shape index (κ1) is 13.3. The van der Waals surface area contributed by atoms with Gasteiger partial charge in [0, 0.05) is 18.8 Å². The maximum Gasteiger partial charge on any atom is 0.335 e. The largest absolute Gasteiger partial charge is 0.478 e. The molecule has 2 rings (SSSR count). The zero-order chi connectivity index (χ0) is 14.0. The minimum absolute atomic E-state index is 0.321. The fourth-order valence-electron chi connectivity index (χ4n) is 2.28. The van der Waals surface area contributed by atoms with Gasteiger partial charge in [0.15, 0.2) is 0 Å². The molecule has 0 fully saturated rings. The lowest BCUT2D eigenvalue weighted by Crippen LogP contribution is -1.97. The van der Waals surface area contributed by atoms with E-state index in [0.29, 0.717) is 5.56 Å². The van der Waals surface area contributed by atoms with Crippen molar-refractivity contribution in [2.45, 2.75) is 26.7 Å². The van der Waals surface area contributed by atoms with Gasteiger partial charge in [0.1, 0.15) is 0 Å². The first-order valence-corrected chi connectivity index (χ1v) is 6.39. The van der Waals surface area contributed by atoms with Crippen LogP contribution in [0.25, 0.3) is 11.1 Å². The van der Waals surface area contributed by atoms with Crippen molar-refractivity contribution in [3.05, 3.63) is 41.2 Å². The van der Waals surface area contributed by atoms with E-state index >= 15 is 0 Å². The molecule has 0 bridgehead atoms. The molecule has 4 heteroatoms. The fourth-order valence-corrected chi connectivity index (χ4v) is 2.28. The van der Waals surface area contributed by atoms with Crippen LogP contribution in [0.5, 0.6) is 0 Å². The molecule has 0 radical (unpaired) electrons. The number of hydrogen-bond donors (Lipinski definition) is 1. The predicted molar refractivity (Wildman–Crippen MR) is 74.3 cm³/mol. The summed E-state index contributed by atoms with van der Waals surface area (Å²) >= 11 is 0. The van der Waals surface area contributed by atoms with Crippen LogP contribution in [-0.2, 0) is 13.5 Å². The van der Waals surface area contributed by atoms with Crippen LogP contribution in [-0.4, -0.2) is 20.9 Å². The molecule has 4 nitrogen and oxygen atoms in total. The van der Waals surface area contributed by atoms with Gasteiger partial charge in [-0.15, -0.1) is 0 Å². The van der Waals surface area contributed by atoms with E-state index in [2.05, 4.69) is 12.0 Å². The van der Waals surface area contributed by atoms with Crippen molar-refractivity contribution in [1.82, 2.24) is 9.78 Å². The Kier molecular flexibility index (Phi) is 3.69. The molecular formula is C15H18N2O2. The molecule has 1 aromatic heterocycles. The van der Waals surface area contributed by atoms with Crippen molar-refractivity contribution in [1.29, 1.82) is 0 Å². The maximum atomic E-state index is 11.0.